The lowest BCUT2D eigenvalue weighted by atomic mass is 10.2. The monoisotopic (exact) mass is 345 g/mol. The zero-order chi connectivity index (χ0) is 16.0. The Morgan fingerprint density at radius 1 is 1.35 bits per heavy atom. The summed E-state index contributed by atoms with van der Waals surface area (Å²) in [5.74, 6) is -0.154. The SMILES string of the molecule is CN1CCc2nc(NC(=O)c3ccc4nc(N)sc4c3)sc2C1. The van der Waals surface area contributed by atoms with E-state index >= 15 is 0 Å². The van der Waals surface area contributed by atoms with E-state index in [0.717, 1.165) is 35.4 Å². The zero-order valence-corrected chi connectivity index (χ0v) is 14.1. The quantitative estimate of drug-likeness (QED) is 0.746. The van der Waals surface area contributed by atoms with Crippen LogP contribution < -0.4 is 11.1 Å². The Bertz CT molecular complexity index is 901. The van der Waals surface area contributed by atoms with Gasteiger partial charge >= 0.3 is 0 Å². The Balaban J connectivity index is 1.56. The van der Waals surface area contributed by atoms with E-state index < -0.39 is 0 Å². The van der Waals surface area contributed by atoms with E-state index in [9.17, 15) is 4.79 Å². The Morgan fingerprint density at radius 2 is 2.22 bits per heavy atom. The second-order valence-electron chi connectivity index (χ2n) is 5.57. The molecule has 0 radical (unpaired) electrons. The maximum absolute atomic E-state index is 12.4. The number of nitrogens with one attached hydrogen (secondary N) is 1. The van der Waals surface area contributed by atoms with Gasteiger partial charge in [-0.15, -0.1) is 11.3 Å². The Kier molecular flexibility index (Phi) is 3.51. The van der Waals surface area contributed by atoms with E-state index in [4.69, 9.17) is 5.73 Å². The normalized spacial score (nSPS) is 14.8. The number of thiazole rings is 2. The minimum absolute atomic E-state index is 0.154. The first-order valence-electron chi connectivity index (χ1n) is 7.23. The third kappa shape index (κ3) is 2.80. The van der Waals surface area contributed by atoms with Crippen LogP contribution in [0.15, 0.2) is 18.2 Å². The fourth-order valence-corrected chi connectivity index (χ4v) is 4.49. The molecule has 3 heterocycles. The van der Waals surface area contributed by atoms with E-state index in [0.29, 0.717) is 15.8 Å². The molecule has 3 aromatic rings. The molecular weight excluding hydrogens is 330 g/mol. The van der Waals surface area contributed by atoms with Crippen LogP contribution in [0.5, 0.6) is 0 Å². The van der Waals surface area contributed by atoms with Gasteiger partial charge in [-0.3, -0.25) is 10.1 Å². The second kappa shape index (κ2) is 5.55. The highest BCUT2D eigenvalue weighted by molar-refractivity contribution is 7.22. The predicted octanol–water partition coefficient (Wildman–Crippen LogP) is 2.58. The van der Waals surface area contributed by atoms with Crippen LogP contribution in [0.1, 0.15) is 20.9 Å². The van der Waals surface area contributed by atoms with Crippen molar-refractivity contribution in [2.45, 2.75) is 13.0 Å². The molecule has 0 unspecified atom stereocenters. The van der Waals surface area contributed by atoms with Gasteiger partial charge in [-0.25, -0.2) is 9.97 Å². The first kappa shape index (κ1) is 14.6. The van der Waals surface area contributed by atoms with Crippen molar-refractivity contribution in [1.29, 1.82) is 0 Å². The van der Waals surface area contributed by atoms with Crippen LogP contribution in [-0.2, 0) is 13.0 Å². The van der Waals surface area contributed by atoms with E-state index in [2.05, 4.69) is 27.2 Å². The molecule has 8 heteroatoms. The van der Waals surface area contributed by atoms with Crippen molar-refractivity contribution in [2.24, 2.45) is 0 Å². The Labute approximate surface area is 141 Å². The number of fused-ring (bicyclic) bond motifs is 2. The van der Waals surface area contributed by atoms with Crippen LogP contribution in [0.3, 0.4) is 0 Å². The minimum Gasteiger partial charge on any atom is -0.375 e. The molecule has 0 fully saturated rings. The topological polar surface area (TPSA) is 84.1 Å². The maximum atomic E-state index is 12.4. The molecule has 0 aliphatic carbocycles. The van der Waals surface area contributed by atoms with Gasteiger partial charge in [0.15, 0.2) is 10.3 Å². The third-order valence-corrected chi connectivity index (χ3v) is 5.65. The summed E-state index contributed by atoms with van der Waals surface area (Å²) in [6.45, 7) is 1.91. The molecule has 1 aromatic carbocycles. The van der Waals surface area contributed by atoms with Crippen LogP contribution in [-0.4, -0.2) is 34.4 Å². The molecule has 0 saturated heterocycles. The molecule has 0 atom stereocenters. The number of carbonyl (C=O) groups is 1. The molecule has 23 heavy (non-hydrogen) atoms. The molecule has 0 bridgehead atoms. The summed E-state index contributed by atoms with van der Waals surface area (Å²) < 4.78 is 0.912. The second-order valence-corrected chi connectivity index (χ2v) is 7.71. The maximum Gasteiger partial charge on any atom is 0.257 e. The number of amides is 1. The number of nitrogens with zero attached hydrogens (tertiary/aromatic N) is 3. The van der Waals surface area contributed by atoms with Gasteiger partial charge in [-0.05, 0) is 25.2 Å². The summed E-state index contributed by atoms with van der Waals surface area (Å²) in [5, 5.41) is 4.08. The number of benzene rings is 1. The van der Waals surface area contributed by atoms with Crippen molar-refractivity contribution in [3.8, 4) is 0 Å². The number of aromatic nitrogens is 2. The van der Waals surface area contributed by atoms with Crippen molar-refractivity contribution in [3.63, 3.8) is 0 Å². The van der Waals surface area contributed by atoms with Gasteiger partial charge < -0.3 is 10.6 Å². The van der Waals surface area contributed by atoms with Crippen molar-refractivity contribution < 1.29 is 4.79 Å². The van der Waals surface area contributed by atoms with Crippen molar-refractivity contribution in [3.05, 3.63) is 34.3 Å². The van der Waals surface area contributed by atoms with Gasteiger partial charge in [0.05, 0.1) is 15.9 Å². The lowest BCUT2D eigenvalue weighted by Crippen LogP contribution is -2.25. The molecule has 2 aromatic heterocycles. The number of likely N-dealkylation sites (N-methyl/N-ethyl adjacent to an activating group) is 1. The first-order valence-corrected chi connectivity index (χ1v) is 8.86. The number of nitrogens with two attached hydrogens (primary N) is 1. The molecule has 0 saturated carbocycles. The van der Waals surface area contributed by atoms with E-state index in [1.54, 1.807) is 17.4 Å². The zero-order valence-electron chi connectivity index (χ0n) is 12.5. The summed E-state index contributed by atoms with van der Waals surface area (Å²) in [4.78, 5) is 24.7. The largest absolute Gasteiger partial charge is 0.375 e. The van der Waals surface area contributed by atoms with Gasteiger partial charge in [-0.2, -0.15) is 0 Å². The lowest BCUT2D eigenvalue weighted by molar-refractivity contribution is 0.102. The van der Waals surface area contributed by atoms with Crippen LogP contribution in [0.25, 0.3) is 10.2 Å². The Hall–Kier alpha value is -2.03. The molecule has 1 amide bonds. The molecule has 0 spiro atoms. The number of anilines is 2. The van der Waals surface area contributed by atoms with Crippen molar-refractivity contribution in [1.82, 2.24) is 14.9 Å². The summed E-state index contributed by atoms with van der Waals surface area (Å²) in [6, 6.07) is 5.40. The fourth-order valence-electron chi connectivity index (χ4n) is 2.63. The van der Waals surface area contributed by atoms with Crippen LogP contribution in [0.4, 0.5) is 10.3 Å². The molecular formula is C15H15N5OS2. The van der Waals surface area contributed by atoms with Crippen LogP contribution in [0.2, 0.25) is 0 Å². The van der Waals surface area contributed by atoms with Gasteiger partial charge in [0, 0.05) is 30.0 Å². The van der Waals surface area contributed by atoms with Crippen LogP contribution in [0, 0.1) is 0 Å². The molecule has 1 aliphatic rings. The number of carbonyl (C=O) groups excluding carboxylic acids is 1. The van der Waals surface area contributed by atoms with Gasteiger partial charge in [0.25, 0.3) is 5.91 Å². The van der Waals surface area contributed by atoms with Gasteiger partial charge in [0.2, 0.25) is 0 Å². The van der Waals surface area contributed by atoms with E-state index in [1.165, 1.54) is 16.2 Å². The standard InChI is InChI=1S/C15H15N5OS2/c1-20-5-4-10-12(7-20)23-15(18-10)19-13(21)8-2-3-9-11(6-8)22-14(16)17-9/h2-3,6H,4-5,7H2,1H3,(H2,16,17)(H,18,19,21). The molecule has 3 N–H and O–H groups in total. The summed E-state index contributed by atoms with van der Waals surface area (Å²) in [7, 11) is 2.09. The average Bonchev–Trinajstić information content (AvgIpc) is 3.07. The molecule has 118 valence electrons. The molecule has 1 aliphatic heterocycles. The highest BCUT2D eigenvalue weighted by atomic mass is 32.1. The summed E-state index contributed by atoms with van der Waals surface area (Å²) >= 11 is 2.94. The fraction of sp³-hybridized carbons (Fsp3) is 0.267. The third-order valence-electron chi connectivity index (χ3n) is 3.81. The highest BCUT2D eigenvalue weighted by Crippen LogP contribution is 2.29. The highest BCUT2D eigenvalue weighted by Gasteiger charge is 2.19. The smallest absolute Gasteiger partial charge is 0.257 e. The molecule has 6 nitrogen and oxygen atoms in total. The van der Waals surface area contributed by atoms with Crippen molar-refractivity contribution >= 4 is 49.1 Å². The van der Waals surface area contributed by atoms with E-state index in [1.807, 2.05) is 12.1 Å². The predicted molar refractivity (Wildman–Crippen MR) is 94.1 cm³/mol. The molecule has 4 rings (SSSR count). The average molecular weight is 345 g/mol. The van der Waals surface area contributed by atoms with E-state index in [-0.39, 0.29) is 5.91 Å². The van der Waals surface area contributed by atoms with Crippen molar-refractivity contribution in [2.75, 3.05) is 24.6 Å². The number of hydrogen-bond donors (Lipinski definition) is 2. The lowest BCUT2D eigenvalue weighted by Gasteiger charge is -2.20. The number of nitrogen functional groups attached to an aromatic ring is 1. The van der Waals surface area contributed by atoms with Gasteiger partial charge in [-0.1, -0.05) is 11.3 Å². The van der Waals surface area contributed by atoms with Crippen LogP contribution >= 0.6 is 22.7 Å². The Morgan fingerprint density at radius 3 is 3.09 bits per heavy atom. The summed E-state index contributed by atoms with van der Waals surface area (Å²) in [5.41, 5.74) is 8.21. The first-order chi connectivity index (χ1) is 11.1. The summed E-state index contributed by atoms with van der Waals surface area (Å²) in [6.07, 6.45) is 0.935. The number of rotatable bonds is 2. The number of hydrogen-bond acceptors (Lipinski definition) is 7. The van der Waals surface area contributed by atoms with Gasteiger partial charge in [0.1, 0.15) is 0 Å². The minimum atomic E-state index is -0.154.